The monoisotopic (exact) mass is 188 g/mol. The summed E-state index contributed by atoms with van der Waals surface area (Å²) in [6.45, 7) is 7.90. The minimum Gasteiger partial charge on any atom is -0.376 e. The summed E-state index contributed by atoms with van der Waals surface area (Å²) in [5.74, 6) is -0.495. The van der Waals surface area contributed by atoms with Gasteiger partial charge in [-0.15, -0.1) is 0 Å². The minimum absolute atomic E-state index is 0.201. The van der Waals surface area contributed by atoms with E-state index in [0.717, 1.165) is 0 Å². The number of primary amides is 1. The van der Waals surface area contributed by atoms with E-state index in [0.29, 0.717) is 13.0 Å². The molecule has 0 aromatic heterocycles. The molecule has 78 valence electrons. The largest absolute Gasteiger partial charge is 0.376 e. The fraction of sp³-hybridized carbons (Fsp3) is 0.889. The van der Waals surface area contributed by atoms with Gasteiger partial charge in [0.15, 0.2) is 0 Å². The second kappa shape index (κ2) is 4.07. The summed E-state index contributed by atoms with van der Waals surface area (Å²) in [4.78, 5) is 10.8. The molecule has 4 heteroatoms. The summed E-state index contributed by atoms with van der Waals surface area (Å²) in [5.41, 5.74) is 9.57. The number of amides is 1. The highest BCUT2D eigenvalue weighted by Gasteiger charge is 2.25. The molecule has 4 N–H and O–H groups in total. The van der Waals surface area contributed by atoms with Crippen molar-refractivity contribution >= 4 is 5.91 Å². The second-order valence-corrected chi connectivity index (χ2v) is 4.49. The highest BCUT2D eigenvalue weighted by Crippen LogP contribution is 2.11. The van der Waals surface area contributed by atoms with Crippen LogP contribution in [0.1, 0.15) is 34.1 Å². The van der Waals surface area contributed by atoms with Crippen LogP contribution in [-0.2, 0) is 9.53 Å². The highest BCUT2D eigenvalue weighted by atomic mass is 16.5. The van der Waals surface area contributed by atoms with Gasteiger partial charge in [-0.25, -0.2) is 0 Å². The Bertz CT molecular complexity index is 183. The molecule has 1 unspecified atom stereocenters. The van der Waals surface area contributed by atoms with Crippen LogP contribution >= 0.6 is 0 Å². The highest BCUT2D eigenvalue weighted by molar-refractivity contribution is 5.83. The first-order chi connectivity index (χ1) is 5.65. The lowest BCUT2D eigenvalue weighted by atomic mass is 9.99. The van der Waals surface area contributed by atoms with Crippen molar-refractivity contribution in [1.82, 2.24) is 0 Å². The van der Waals surface area contributed by atoms with Gasteiger partial charge in [-0.1, -0.05) is 0 Å². The number of nitrogens with two attached hydrogens (primary N) is 2. The Morgan fingerprint density at radius 3 is 2.08 bits per heavy atom. The lowest BCUT2D eigenvalue weighted by molar-refractivity contribution is -0.123. The third-order valence-corrected chi connectivity index (χ3v) is 1.72. The molecular weight excluding hydrogens is 168 g/mol. The van der Waals surface area contributed by atoms with Crippen LogP contribution in [0.2, 0.25) is 0 Å². The van der Waals surface area contributed by atoms with E-state index < -0.39 is 11.4 Å². The topological polar surface area (TPSA) is 78.3 Å². The molecule has 0 fully saturated rings. The molecular formula is C9H20N2O2. The summed E-state index contributed by atoms with van der Waals surface area (Å²) in [7, 11) is 0. The van der Waals surface area contributed by atoms with Gasteiger partial charge in [0.05, 0.1) is 11.1 Å². The Morgan fingerprint density at radius 2 is 1.77 bits per heavy atom. The number of ether oxygens (including phenoxy) is 1. The van der Waals surface area contributed by atoms with Crippen LogP contribution in [0.4, 0.5) is 0 Å². The van der Waals surface area contributed by atoms with E-state index in [1.54, 1.807) is 6.92 Å². The predicted octanol–water partition coefficient (Wildman–Crippen LogP) is 0.394. The predicted molar refractivity (Wildman–Crippen MR) is 52.1 cm³/mol. The molecule has 0 bridgehead atoms. The molecule has 4 nitrogen and oxygen atoms in total. The van der Waals surface area contributed by atoms with Crippen LogP contribution in [0, 0.1) is 0 Å². The average Bonchev–Trinajstić information content (AvgIpc) is 1.82. The molecule has 0 aliphatic carbocycles. The zero-order valence-electron chi connectivity index (χ0n) is 8.89. The van der Waals surface area contributed by atoms with Crippen LogP contribution in [0.15, 0.2) is 0 Å². The fourth-order valence-electron chi connectivity index (χ4n) is 0.692. The molecule has 0 heterocycles. The minimum atomic E-state index is -0.967. The number of hydrogen-bond donors (Lipinski definition) is 2. The quantitative estimate of drug-likeness (QED) is 0.670. The molecule has 1 amide bonds. The molecule has 0 spiro atoms. The van der Waals surface area contributed by atoms with Gasteiger partial charge >= 0.3 is 0 Å². The van der Waals surface area contributed by atoms with E-state index in [1.807, 2.05) is 20.8 Å². The fourth-order valence-corrected chi connectivity index (χ4v) is 0.692. The lowest BCUT2D eigenvalue weighted by Gasteiger charge is -2.24. The lowest BCUT2D eigenvalue weighted by Crippen LogP contribution is -2.50. The maximum Gasteiger partial charge on any atom is 0.237 e. The van der Waals surface area contributed by atoms with Gasteiger partial charge in [0.25, 0.3) is 0 Å². The molecule has 0 aliphatic rings. The van der Waals surface area contributed by atoms with Crippen molar-refractivity contribution < 1.29 is 9.53 Å². The summed E-state index contributed by atoms with van der Waals surface area (Å²) in [6, 6.07) is 0. The zero-order chi connectivity index (χ0) is 10.7. The molecule has 0 aromatic carbocycles. The molecule has 0 aliphatic heterocycles. The normalized spacial score (nSPS) is 16.7. The Labute approximate surface area is 79.6 Å². The van der Waals surface area contributed by atoms with E-state index in [1.165, 1.54) is 0 Å². The van der Waals surface area contributed by atoms with E-state index in [4.69, 9.17) is 16.2 Å². The van der Waals surface area contributed by atoms with E-state index in [9.17, 15) is 4.79 Å². The van der Waals surface area contributed by atoms with Crippen molar-refractivity contribution in [3.05, 3.63) is 0 Å². The third kappa shape index (κ3) is 5.60. The molecule has 0 saturated carbocycles. The summed E-state index contributed by atoms with van der Waals surface area (Å²) < 4.78 is 5.43. The van der Waals surface area contributed by atoms with Crippen LogP contribution in [0.5, 0.6) is 0 Å². The van der Waals surface area contributed by atoms with E-state index in [-0.39, 0.29) is 5.60 Å². The Morgan fingerprint density at radius 1 is 1.31 bits per heavy atom. The molecule has 13 heavy (non-hydrogen) atoms. The van der Waals surface area contributed by atoms with Crippen molar-refractivity contribution in [2.24, 2.45) is 11.5 Å². The van der Waals surface area contributed by atoms with Gasteiger partial charge in [0, 0.05) is 6.61 Å². The Balaban J connectivity index is 3.84. The van der Waals surface area contributed by atoms with Crippen LogP contribution in [-0.4, -0.2) is 23.7 Å². The Kier molecular flexibility index (Phi) is 3.88. The summed E-state index contributed by atoms with van der Waals surface area (Å²) >= 11 is 0. The molecule has 0 saturated heterocycles. The maximum atomic E-state index is 10.8. The van der Waals surface area contributed by atoms with Gasteiger partial charge in [0.2, 0.25) is 5.91 Å². The van der Waals surface area contributed by atoms with E-state index in [2.05, 4.69) is 0 Å². The van der Waals surface area contributed by atoms with Crippen molar-refractivity contribution in [2.45, 2.75) is 45.3 Å². The number of rotatable bonds is 4. The third-order valence-electron chi connectivity index (χ3n) is 1.72. The van der Waals surface area contributed by atoms with Crippen LogP contribution in [0.25, 0.3) is 0 Å². The van der Waals surface area contributed by atoms with Crippen molar-refractivity contribution in [3.8, 4) is 0 Å². The smallest absolute Gasteiger partial charge is 0.237 e. The first-order valence-electron chi connectivity index (χ1n) is 4.38. The summed E-state index contributed by atoms with van der Waals surface area (Å²) in [5, 5.41) is 0. The van der Waals surface area contributed by atoms with Gasteiger partial charge in [0.1, 0.15) is 0 Å². The Hall–Kier alpha value is -0.610. The first-order valence-corrected chi connectivity index (χ1v) is 4.38. The van der Waals surface area contributed by atoms with Gasteiger partial charge < -0.3 is 16.2 Å². The van der Waals surface area contributed by atoms with Crippen molar-refractivity contribution in [3.63, 3.8) is 0 Å². The zero-order valence-corrected chi connectivity index (χ0v) is 8.89. The van der Waals surface area contributed by atoms with Gasteiger partial charge in [-0.3, -0.25) is 4.79 Å². The maximum absolute atomic E-state index is 10.8. The van der Waals surface area contributed by atoms with Gasteiger partial charge in [-0.05, 0) is 34.1 Å². The number of hydrogen-bond acceptors (Lipinski definition) is 3. The van der Waals surface area contributed by atoms with E-state index >= 15 is 0 Å². The van der Waals surface area contributed by atoms with Crippen LogP contribution in [0.3, 0.4) is 0 Å². The average molecular weight is 188 g/mol. The molecule has 0 radical (unpaired) electrons. The SMILES string of the molecule is CC(C)(C)OCCC(C)(N)C(N)=O. The molecule has 0 rings (SSSR count). The standard InChI is InChI=1S/C9H20N2O2/c1-8(2,3)13-6-5-9(4,11)7(10)12/h5-6,11H2,1-4H3,(H2,10,12). The molecule has 0 aromatic rings. The van der Waals surface area contributed by atoms with Crippen LogP contribution < -0.4 is 11.5 Å². The second-order valence-electron chi connectivity index (χ2n) is 4.49. The van der Waals surface area contributed by atoms with Crippen molar-refractivity contribution in [1.29, 1.82) is 0 Å². The summed E-state index contributed by atoms with van der Waals surface area (Å²) in [6.07, 6.45) is 0.444. The van der Waals surface area contributed by atoms with Gasteiger partial charge in [-0.2, -0.15) is 0 Å². The molecule has 1 atom stereocenters. The van der Waals surface area contributed by atoms with Crippen molar-refractivity contribution in [2.75, 3.05) is 6.61 Å². The number of carbonyl (C=O) groups excluding carboxylic acids is 1. The first kappa shape index (κ1) is 12.4. The number of carbonyl (C=O) groups is 1.